The maximum absolute atomic E-state index is 14.6. The van der Waals surface area contributed by atoms with E-state index in [2.05, 4.69) is 18.0 Å². The molecule has 3 heteroatoms. The quantitative estimate of drug-likeness (QED) is 0.534. The first kappa shape index (κ1) is 16.3. The molecule has 0 amide bonds. The van der Waals surface area contributed by atoms with Crippen molar-refractivity contribution >= 4 is 10.9 Å². The summed E-state index contributed by atoms with van der Waals surface area (Å²) in [5, 5.41) is 0.983. The summed E-state index contributed by atoms with van der Waals surface area (Å²) in [7, 11) is 0. The zero-order chi connectivity index (χ0) is 17.6. The van der Waals surface area contributed by atoms with Crippen molar-refractivity contribution in [2.75, 3.05) is 0 Å². The van der Waals surface area contributed by atoms with Crippen LogP contribution in [0.5, 0.6) is 0 Å². The monoisotopic (exact) mass is 339 g/mol. The molecule has 1 aliphatic rings. The van der Waals surface area contributed by atoms with Crippen LogP contribution in [0.15, 0.2) is 36.4 Å². The third kappa shape index (κ3) is 2.97. The minimum absolute atomic E-state index is 0.214. The van der Waals surface area contributed by atoms with E-state index in [1.807, 2.05) is 6.92 Å². The molecular weight excluding hydrogens is 316 g/mol. The molecule has 0 bridgehead atoms. The number of hydrogen-bond donors (Lipinski definition) is 1. The highest BCUT2D eigenvalue weighted by atomic mass is 19.1. The van der Waals surface area contributed by atoms with Crippen molar-refractivity contribution in [1.29, 1.82) is 0 Å². The number of aryl methyl sites for hydroxylation is 1. The molecule has 0 radical (unpaired) electrons. The Balaban J connectivity index is 1.93. The molecule has 1 N–H and O–H groups in total. The number of fused-ring (bicyclic) bond motifs is 1. The molecule has 130 valence electrons. The summed E-state index contributed by atoms with van der Waals surface area (Å²) in [6.07, 6.45) is 4.65. The van der Waals surface area contributed by atoms with Crippen molar-refractivity contribution in [2.24, 2.45) is 5.92 Å². The van der Waals surface area contributed by atoms with E-state index in [1.165, 1.54) is 30.5 Å². The van der Waals surface area contributed by atoms with E-state index in [0.29, 0.717) is 11.4 Å². The Kier molecular flexibility index (Phi) is 4.10. The van der Waals surface area contributed by atoms with Crippen molar-refractivity contribution in [3.05, 3.63) is 59.2 Å². The normalized spacial score (nSPS) is 21.0. The SMILES string of the molecule is Cc1cc(F)c2[nH]c(-c3ccc(F)cc3)c(C3CCC(C)CC3)c2c1. The first-order valence-electron chi connectivity index (χ1n) is 9.10. The smallest absolute Gasteiger partial charge is 0.147 e. The van der Waals surface area contributed by atoms with E-state index >= 15 is 0 Å². The lowest BCUT2D eigenvalue weighted by Gasteiger charge is -2.27. The molecule has 0 saturated heterocycles. The summed E-state index contributed by atoms with van der Waals surface area (Å²) >= 11 is 0. The number of aromatic amines is 1. The first-order valence-corrected chi connectivity index (χ1v) is 9.10. The highest BCUT2D eigenvalue weighted by Crippen LogP contribution is 2.44. The second-order valence-electron chi connectivity index (χ2n) is 7.55. The Hall–Kier alpha value is -2.16. The van der Waals surface area contributed by atoms with Gasteiger partial charge >= 0.3 is 0 Å². The minimum Gasteiger partial charge on any atom is -0.352 e. The molecule has 1 nitrogen and oxygen atoms in total. The van der Waals surface area contributed by atoms with Gasteiger partial charge in [-0.15, -0.1) is 0 Å². The number of hydrogen-bond acceptors (Lipinski definition) is 0. The molecule has 0 atom stereocenters. The van der Waals surface area contributed by atoms with E-state index in [4.69, 9.17) is 0 Å². The maximum atomic E-state index is 14.6. The molecule has 1 aromatic heterocycles. The lowest BCUT2D eigenvalue weighted by molar-refractivity contribution is 0.349. The largest absolute Gasteiger partial charge is 0.352 e. The Morgan fingerprint density at radius 1 is 0.960 bits per heavy atom. The lowest BCUT2D eigenvalue weighted by Crippen LogP contribution is -2.11. The number of nitrogens with one attached hydrogen (secondary N) is 1. The van der Waals surface area contributed by atoms with Gasteiger partial charge in [0.15, 0.2) is 0 Å². The number of H-pyrrole nitrogens is 1. The molecule has 4 rings (SSSR count). The van der Waals surface area contributed by atoms with Crippen molar-refractivity contribution < 1.29 is 8.78 Å². The topological polar surface area (TPSA) is 15.8 Å². The second kappa shape index (κ2) is 6.29. The summed E-state index contributed by atoms with van der Waals surface area (Å²) in [6, 6.07) is 10.1. The van der Waals surface area contributed by atoms with Gasteiger partial charge in [-0.3, -0.25) is 0 Å². The summed E-state index contributed by atoms with van der Waals surface area (Å²) in [5.41, 5.74) is 4.57. The molecule has 1 aliphatic carbocycles. The molecule has 3 aromatic rings. The summed E-state index contributed by atoms with van der Waals surface area (Å²) in [5.74, 6) is 0.712. The highest BCUT2D eigenvalue weighted by molar-refractivity contribution is 5.92. The van der Waals surface area contributed by atoms with Crippen LogP contribution in [-0.4, -0.2) is 4.98 Å². The van der Waals surface area contributed by atoms with Gasteiger partial charge in [-0.05, 0) is 84.7 Å². The van der Waals surface area contributed by atoms with Crippen LogP contribution < -0.4 is 0 Å². The summed E-state index contributed by atoms with van der Waals surface area (Å²) in [4.78, 5) is 3.31. The fourth-order valence-corrected chi connectivity index (χ4v) is 4.23. The van der Waals surface area contributed by atoms with E-state index in [9.17, 15) is 8.78 Å². The third-order valence-electron chi connectivity index (χ3n) is 5.60. The maximum Gasteiger partial charge on any atom is 0.147 e. The molecule has 1 fully saturated rings. The fraction of sp³-hybridized carbons (Fsp3) is 0.364. The van der Waals surface area contributed by atoms with Crippen LogP contribution in [-0.2, 0) is 0 Å². The molecule has 2 aromatic carbocycles. The Bertz CT molecular complexity index is 900. The highest BCUT2D eigenvalue weighted by Gasteiger charge is 2.26. The van der Waals surface area contributed by atoms with Crippen LogP contribution in [0.2, 0.25) is 0 Å². The van der Waals surface area contributed by atoms with E-state index in [0.717, 1.165) is 41.0 Å². The molecule has 1 saturated carbocycles. The Morgan fingerprint density at radius 2 is 1.64 bits per heavy atom. The van der Waals surface area contributed by atoms with Crippen molar-refractivity contribution in [2.45, 2.75) is 45.4 Å². The van der Waals surface area contributed by atoms with Crippen molar-refractivity contribution in [3.8, 4) is 11.3 Å². The molecule has 0 unspecified atom stereocenters. The Morgan fingerprint density at radius 3 is 2.32 bits per heavy atom. The van der Waals surface area contributed by atoms with Crippen molar-refractivity contribution in [1.82, 2.24) is 4.98 Å². The molecular formula is C22H23F2N. The molecule has 0 aliphatic heterocycles. The van der Waals surface area contributed by atoms with Gasteiger partial charge < -0.3 is 4.98 Å². The summed E-state index contributed by atoms with van der Waals surface area (Å²) < 4.78 is 27.9. The average Bonchev–Trinajstić information content (AvgIpc) is 2.96. The van der Waals surface area contributed by atoms with Crippen LogP contribution >= 0.6 is 0 Å². The van der Waals surface area contributed by atoms with Gasteiger partial charge in [-0.1, -0.05) is 19.8 Å². The van der Waals surface area contributed by atoms with E-state index in [1.54, 1.807) is 18.2 Å². The summed E-state index contributed by atoms with van der Waals surface area (Å²) in [6.45, 7) is 4.23. The number of halogens is 2. The van der Waals surface area contributed by atoms with E-state index < -0.39 is 0 Å². The lowest BCUT2D eigenvalue weighted by atomic mass is 9.78. The predicted octanol–water partition coefficient (Wildman–Crippen LogP) is 6.72. The molecule has 0 spiro atoms. The number of rotatable bonds is 2. The molecule has 25 heavy (non-hydrogen) atoms. The van der Waals surface area contributed by atoms with Gasteiger partial charge in [0.05, 0.1) is 11.2 Å². The van der Waals surface area contributed by atoms with Crippen molar-refractivity contribution in [3.63, 3.8) is 0 Å². The number of aromatic nitrogens is 1. The van der Waals surface area contributed by atoms with Gasteiger partial charge in [-0.2, -0.15) is 0 Å². The average molecular weight is 339 g/mol. The second-order valence-corrected chi connectivity index (χ2v) is 7.55. The standard InChI is InChI=1S/C22H23F2N/c1-13-3-5-15(6-4-13)20-18-11-14(2)12-19(24)22(18)25-21(20)16-7-9-17(23)10-8-16/h7-13,15,25H,3-6H2,1-2H3. The zero-order valence-corrected chi connectivity index (χ0v) is 14.7. The molecule has 1 heterocycles. The van der Waals surface area contributed by atoms with E-state index in [-0.39, 0.29) is 11.6 Å². The number of benzene rings is 2. The minimum atomic E-state index is -0.255. The van der Waals surface area contributed by atoms with Gasteiger partial charge in [0.1, 0.15) is 11.6 Å². The fourth-order valence-electron chi connectivity index (χ4n) is 4.23. The van der Waals surface area contributed by atoms with Gasteiger partial charge in [0.2, 0.25) is 0 Å². The van der Waals surface area contributed by atoms with Gasteiger partial charge in [-0.25, -0.2) is 8.78 Å². The van der Waals surface area contributed by atoms with Crippen LogP contribution in [0.4, 0.5) is 8.78 Å². The van der Waals surface area contributed by atoms with Crippen LogP contribution in [0, 0.1) is 24.5 Å². The van der Waals surface area contributed by atoms with Gasteiger partial charge in [0.25, 0.3) is 0 Å². The third-order valence-corrected chi connectivity index (χ3v) is 5.60. The van der Waals surface area contributed by atoms with Gasteiger partial charge in [0, 0.05) is 5.39 Å². The van der Waals surface area contributed by atoms with Crippen LogP contribution in [0.3, 0.4) is 0 Å². The van der Waals surface area contributed by atoms with Crippen LogP contribution in [0.1, 0.15) is 49.7 Å². The predicted molar refractivity (Wildman–Crippen MR) is 98.8 cm³/mol. The van der Waals surface area contributed by atoms with Crippen LogP contribution in [0.25, 0.3) is 22.2 Å². The first-order chi connectivity index (χ1) is 12.0. The zero-order valence-electron chi connectivity index (χ0n) is 14.7. The Labute approximate surface area is 147 Å².